The van der Waals surface area contributed by atoms with Crippen LogP contribution in [-0.2, 0) is 0 Å². The van der Waals surface area contributed by atoms with Crippen LogP contribution in [0.25, 0.3) is 0 Å². The van der Waals surface area contributed by atoms with E-state index in [0.717, 1.165) is 5.56 Å². The van der Waals surface area contributed by atoms with Crippen LogP contribution in [0.2, 0.25) is 0 Å². The van der Waals surface area contributed by atoms with E-state index in [1.807, 2.05) is 32.0 Å². The molecule has 2 aromatic carbocycles. The molecule has 1 aliphatic heterocycles. The fourth-order valence-electron chi connectivity index (χ4n) is 2.93. The maximum absolute atomic E-state index is 12.6. The summed E-state index contributed by atoms with van der Waals surface area (Å²) in [6, 6.07) is 11.0. The van der Waals surface area contributed by atoms with Gasteiger partial charge in [0.05, 0.1) is 6.04 Å². The van der Waals surface area contributed by atoms with Gasteiger partial charge in [-0.1, -0.05) is 26.0 Å². The Labute approximate surface area is 156 Å². The molecule has 7 heteroatoms. The van der Waals surface area contributed by atoms with Crippen molar-refractivity contribution in [3.63, 3.8) is 0 Å². The summed E-state index contributed by atoms with van der Waals surface area (Å²) >= 11 is 0. The van der Waals surface area contributed by atoms with Gasteiger partial charge >= 0.3 is 6.61 Å². The van der Waals surface area contributed by atoms with Crippen LogP contribution >= 0.6 is 0 Å². The maximum Gasteiger partial charge on any atom is 0.387 e. The summed E-state index contributed by atoms with van der Waals surface area (Å²) in [5.41, 5.74) is 1.12. The molecule has 27 heavy (non-hydrogen) atoms. The number of alkyl halides is 2. The van der Waals surface area contributed by atoms with Crippen molar-refractivity contribution in [2.75, 3.05) is 13.2 Å². The molecule has 0 unspecified atom stereocenters. The van der Waals surface area contributed by atoms with Gasteiger partial charge in [-0.25, -0.2) is 0 Å². The molecule has 0 aromatic heterocycles. The first-order valence-corrected chi connectivity index (χ1v) is 8.69. The first-order valence-electron chi connectivity index (χ1n) is 8.69. The topological polar surface area (TPSA) is 56.8 Å². The highest BCUT2D eigenvalue weighted by molar-refractivity contribution is 5.94. The van der Waals surface area contributed by atoms with Crippen LogP contribution in [-0.4, -0.2) is 25.7 Å². The summed E-state index contributed by atoms with van der Waals surface area (Å²) in [7, 11) is 0. The molecule has 5 nitrogen and oxygen atoms in total. The SMILES string of the molecule is CC(C)[C@@H](NC(=O)c1cccc(OC(F)F)c1)c1ccc2c(c1)OCCO2. The Balaban J connectivity index is 1.79. The molecule has 3 rings (SSSR count). The van der Waals surface area contributed by atoms with Gasteiger partial charge in [-0.3, -0.25) is 4.79 Å². The number of carbonyl (C=O) groups excluding carboxylic acids is 1. The molecule has 0 radical (unpaired) electrons. The van der Waals surface area contributed by atoms with E-state index in [2.05, 4.69) is 10.1 Å². The Hall–Kier alpha value is -2.83. The third-order valence-electron chi connectivity index (χ3n) is 4.20. The van der Waals surface area contributed by atoms with Crippen molar-refractivity contribution in [2.24, 2.45) is 5.92 Å². The predicted molar refractivity (Wildman–Crippen MR) is 95.6 cm³/mol. The smallest absolute Gasteiger partial charge is 0.387 e. The number of hydrogen-bond donors (Lipinski definition) is 1. The van der Waals surface area contributed by atoms with E-state index in [1.54, 1.807) is 6.07 Å². The largest absolute Gasteiger partial charge is 0.486 e. The van der Waals surface area contributed by atoms with Crippen LogP contribution in [0.5, 0.6) is 17.2 Å². The zero-order chi connectivity index (χ0) is 19.4. The summed E-state index contributed by atoms with van der Waals surface area (Å²) in [5, 5.41) is 2.96. The average Bonchev–Trinajstić information content (AvgIpc) is 2.65. The Bertz CT molecular complexity index is 810. The lowest BCUT2D eigenvalue weighted by Crippen LogP contribution is -2.32. The number of carbonyl (C=O) groups is 1. The van der Waals surface area contributed by atoms with Gasteiger partial charge in [-0.05, 0) is 41.8 Å². The molecule has 1 heterocycles. The van der Waals surface area contributed by atoms with Gasteiger partial charge in [0.15, 0.2) is 11.5 Å². The molecule has 144 valence electrons. The van der Waals surface area contributed by atoms with Crippen molar-refractivity contribution < 1.29 is 27.8 Å². The third-order valence-corrected chi connectivity index (χ3v) is 4.20. The number of halogens is 2. The third kappa shape index (κ3) is 4.67. The molecule has 1 aliphatic rings. The van der Waals surface area contributed by atoms with Gasteiger partial charge in [0.1, 0.15) is 19.0 Å². The standard InChI is InChI=1S/C20H21F2NO4/c1-12(2)18(13-6-7-16-17(11-13)26-9-8-25-16)23-19(24)14-4-3-5-15(10-14)27-20(21)22/h3-7,10-12,18,20H,8-9H2,1-2H3,(H,23,24)/t18-/m1/s1. The molecular formula is C20H21F2NO4. The van der Waals surface area contributed by atoms with Crippen LogP contribution in [0.15, 0.2) is 42.5 Å². The first-order chi connectivity index (χ1) is 12.9. The molecule has 1 atom stereocenters. The van der Waals surface area contributed by atoms with Crippen molar-refractivity contribution >= 4 is 5.91 Å². The molecular weight excluding hydrogens is 356 g/mol. The van der Waals surface area contributed by atoms with E-state index in [-0.39, 0.29) is 29.2 Å². The highest BCUT2D eigenvalue weighted by Crippen LogP contribution is 2.34. The predicted octanol–water partition coefficient (Wildman–Crippen LogP) is 4.19. The second-order valence-corrected chi connectivity index (χ2v) is 6.50. The molecule has 0 bridgehead atoms. The van der Waals surface area contributed by atoms with Crippen LogP contribution in [0.4, 0.5) is 8.78 Å². The molecule has 0 spiro atoms. The van der Waals surface area contributed by atoms with Gasteiger partial charge in [0, 0.05) is 5.56 Å². The van der Waals surface area contributed by atoms with Crippen molar-refractivity contribution in [1.29, 1.82) is 0 Å². The van der Waals surface area contributed by atoms with Gasteiger partial charge < -0.3 is 19.5 Å². The monoisotopic (exact) mass is 377 g/mol. The molecule has 2 aromatic rings. The normalized spacial score (nSPS) is 14.1. The van der Waals surface area contributed by atoms with Crippen LogP contribution in [0.3, 0.4) is 0 Å². The molecule has 0 fully saturated rings. The van der Waals surface area contributed by atoms with E-state index in [9.17, 15) is 13.6 Å². The minimum Gasteiger partial charge on any atom is -0.486 e. The molecule has 0 aliphatic carbocycles. The lowest BCUT2D eigenvalue weighted by molar-refractivity contribution is -0.0498. The highest BCUT2D eigenvalue weighted by Gasteiger charge is 2.22. The van der Waals surface area contributed by atoms with Crippen molar-refractivity contribution in [1.82, 2.24) is 5.32 Å². The highest BCUT2D eigenvalue weighted by atomic mass is 19.3. The lowest BCUT2D eigenvalue weighted by Gasteiger charge is -2.25. The van der Waals surface area contributed by atoms with Crippen LogP contribution in [0.1, 0.15) is 35.8 Å². The van der Waals surface area contributed by atoms with E-state index in [4.69, 9.17) is 9.47 Å². The number of benzene rings is 2. The Morgan fingerprint density at radius 3 is 2.52 bits per heavy atom. The van der Waals surface area contributed by atoms with E-state index >= 15 is 0 Å². The number of fused-ring (bicyclic) bond motifs is 1. The Kier molecular flexibility index (Phi) is 5.78. The zero-order valence-corrected chi connectivity index (χ0v) is 15.1. The van der Waals surface area contributed by atoms with E-state index in [0.29, 0.717) is 24.7 Å². The summed E-state index contributed by atoms with van der Waals surface area (Å²) in [6.45, 7) is 2.01. The molecule has 1 N–H and O–H groups in total. The number of hydrogen-bond acceptors (Lipinski definition) is 4. The number of rotatable bonds is 6. The summed E-state index contributed by atoms with van der Waals surface area (Å²) < 4.78 is 40.3. The van der Waals surface area contributed by atoms with E-state index in [1.165, 1.54) is 18.2 Å². The molecule has 1 amide bonds. The number of nitrogens with one attached hydrogen (secondary N) is 1. The summed E-state index contributed by atoms with van der Waals surface area (Å²) in [4.78, 5) is 12.6. The zero-order valence-electron chi connectivity index (χ0n) is 15.1. The number of ether oxygens (including phenoxy) is 3. The first kappa shape index (κ1) is 18.9. The fourth-order valence-corrected chi connectivity index (χ4v) is 2.93. The maximum atomic E-state index is 12.6. The quantitative estimate of drug-likeness (QED) is 0.820. The average molecular weight is 377 g/mol. The number of amides is 1. The summed E-state index contributed by atoms with van der Waals surface area (Å²) in [5.74, 6) is 0.986. The second-order valence-electron chi connectivity index (χ2n) is 6.50. The van der Waals surface area contributed by atoms with Crippen molar-refractivity contribution in [3.8, 4) is 17.2 Å². The van der Waals surface area contributed by atoms with Gasteiger partial charge in [-0.15, -0.1) is 0 Å². The van der Waals surface area contributed by atoms with Gasteiger partial charge in [0.25, 0.3) is 5.91 Å². The van der Waals surface area contributed by atoms with Crippen molar-refractivity contribution in [3.05, 3.63) is 53.6 Å². The van der Waals surface area contributed by atoms with E-state index < -0.39 is 6.61 Å². The van der Waals surface area contributed by atoms with Gasteiger partial charge in [-0.2, -0.15) is 8.78 Å². The Morgan fingerprint density at radius 2 is 1.81 bits per heavy atom. The molecule has 0 saturated heterocycles. The fraction of sp³-hybridized carbons (Fsp3) is 0.350. The minimum absolute atomic E-state index is 0.0573. The minimum atomic E-state index is -2.94. The van der Waals surface area contributed by atoms with Crippen LogP contribution < -0.4 is 19.5 Å². The van der Waals surface area contributed by atoms with Gasteiger partial charge in [0.2, 0.25) is 0 Å². The molecule has 0 saturated carbocycles. The van der Waals surface area contributed by atoms with Crippen molar-refractivity contribution in [2.45, 2.75) is 26.5 Å². The second kappa shape index (κ2) is 8.24. The lowest BCUT2D eigenvalue weighted by atomic mass is 9.95. The Morgan fingerprint density at radius 1 is 1.07 bits per heavy atom. The van der Waals surface area contributed by atoms with Crippen LogP contribution in [0, 0.1) is 5.92 Å². The summed E-state index contributed by atoms with van der Waals surface area (Å²) in [6.07, 6.45) is 0.